The molecule has 0 radical (unpaired) electrons. The standard InChI is InChI=1S/C23H26ClN5OS/c1-13-4-7-18-20(25)21(31-23(18)28-13)22(30)26-9-8-16-5-6-17(10-19(16)24)29-11-14(2)27-15(3)12-29/h4-7,10,15,27H,2,8-9,11-12,25H2,1,3H3,(H,26,30). The highest BCUT2D eigenvalue weighted by molar-refractivity contribution is 7.21. The van der Waals surface area contributed by atoms with Gasteiger partial charge in [-0.15, -0.1) is 11.3 Å². The first-order valence-electron chi connectivity index (χ1n) is 10.2. The van der Waals surface area contributed by atoms with E-state index in [1.165, 1.54) is 11.3 Å². The van der Waals surface area contributed by atoms with Crippen LogP contribution in [0.4, 0.5) is 11.4 Å². The number of thiophene rings is 1. The number of nitrogens with two attached hydrogens (primary N) is 1. The van der Waals surface area contributed by atoms with Crippen molar-refractivity contribution in [3.8, 4) is 0 Å². The molecule has 162 valence electrons. The number of hydrogen-bond donors (Lipinski definition) is 3. The molecule has 31 heavy (non-hydrogen) atoms. The van der Waals surface area contributed by atoms with Gasteiger partial charge in [-0.2, -0.15) is 0 Å². The smallest absolute Gasteiger partial charge is 0.263 e. The Morgan fingerprint density at radius 3 is 2.97 bits per heavy atom. The average molecular weight is 456 g/mol. The quantitative estimate of drug-likeness (QED) is 0.539. The first-order chi connectivity index (χ1) is 14.8. The highest BCUT2D eigenvalue weighted by Crippen LogP contribution is 2.32. The lowest BCUT2D eigenvalue weighted by Gasteiger charge is -2.35. The van der Waals surface area contributed by atoms with Crippen molar-refractivity contribution < 1.29 is 4.79 Å². The van der Waals surface area contributed by atoms with Gasteiger partial charge in [-0.05, 0) is 50.1 Å². The van der Waals surface area contributed by atoms with Crippen molar-refractivity contribution >= 4 is 50.4 Å². The number of amides is 1. The van der Waals surface area contributed by atoms with Crippen molar-refractivity contribution in [3.05, 3.63) is 63.8 Å². The number of pyridine rings is 1. The third-order valence-corrected chi connectivity index (χ3v) is 6.81. The van der Waals surface area contributed by atoms with Gasteiger partial charge in [-0.25, -0.2) is 4.98 Å². The maximum atomic E-state index is 12.7. The van der Waals surface area contributed by atoms with Crippen LogP contribution in [-0.2, 0) is 6.42 Å². The Balaban J connectivity index is 1.39. The molecule has 4 rings (SSSR count). The van der Waals surface area contributed by atoms with Crippen molar-refractivity contribution in [2.24, 2.45) is 0 Å². The number of nitrogens with zero attached hydrogens (tertiary/aromatic N) is 2. The number of nitrogen functional groups attached to an aromatic ring is 1. The average Bonchev–Trinajstić information content (AvgIpc) is 3.04. The van der Waals surface area contributed by atoms with E-state index in [4.69, 9.17) is 17.3 Å². The van der Waals surface area contributed by atoms with Gasteiger partial charge in [0.2, 0.25) is 0 Å². The molecule has 1 unspecified atom stereocenters. The molecule has 1 aliphatic heterocycles. The molecule has 3 heterocycles. The summed E-state index contributed by atoms with van der Waals surface area (Å²) in [5.74, 6) is -0.181. The SMILES string of the molecule is C=C1CN(c2ccc(CCNC(=O)c3sc4nc(C)ccc4c3N)c(Cl)c2)CC(C)N1. The van der Waals surface area contributed by atoms with Gasteiger partial charge in [0.05, 0.1) is 12.2 Å². The summed E-state index contributed by atoms with van der Waals surface area (Å²) in [5.41, 5.74) is 10.6. The molecule has 0 aliphatic carbocycles. The summed E-state index contributed by atoms with van der Waals surface area (Å²) >= 11 is 7.87. The topological polar surface area (TPSA) is 83.3 Å². The predicted octanol–water partition coefficient (Wildman–Crippen LogP) is 4.12. The van der Waals surface area contributed by atoms with Crippen molar-refractivity contribution in [3.63, 3.8) is 0 Å². The van der Waals surface area contributed by atoms with E-state index in [0.717, 1.165) is 45.9 Å². The molecular weight excluding hydrogens is 430 g/mol. The maximum Gasteiger partial charge on any atom is 0.263 e. The van der Waals surface area contributed by atoms with Crippen LogP contribution in [0.5, 0.6) is 0 Å². The summed E-state index contributed by atoms with van der Waals surface area (Å²) in [6.45, 7) is 10.2. The van der Waals surface area contributed by atoms with E-state index in [0.29, 0.717) is 34.6 Å². The van der Waals surface area contributed by atoms with E-state index in [1.54, 1.807) is 0 Å². The number of carbonyl (C=O) groups excluding carboxylic acids is 1. The first kappa shape index (κ1) is 21.5. The summed E-state index contributed by atoms with van der Waals surface area (Å²) in [4.78, 5) is 20.7. The Kier molecular flexibility index (Phi) is 6.07. The third-order valence-electron chi connectivity index (χ3n) is 5.35. The summed E-state index contributed by atoms with van der Waals surface area (Å²) < 4.78 is 0. The normalized spacial score (nSPS) is 16.4. The fourth-order valence-electron chi connectivity index (χ4n) is 3.85. The molecule has 1 amide bonds. The Bertz CT molecular complexity index is 1160. The molecule has 2 aromatic heterocycles. The highest BCUT2D eigenvalue weighted by atomic mass is 35.5. The van der Waals surface area contributed by atoms with Crippen molar-refractivity contribution in [1.82, 2.24) is 15.6 Å². The van der Waals surface area contributed by atoms with Crippen molar-refractivity contribution in [1.29, 1.82) is 0 Å². The van der Waals surface area contributed by atoms with Crippen LogP contribution >= 0.6 is 22.9 Å². The predicted molar refractivity (Wildman–Crippen MR) is 130 cm³/mol. The summed E-state index contributed by atoms with van der Waals surface area (Å²) in [6, 6.07) is 10.2. The van der Waals surface area contributed by atoms with E-state index in [1.807, 2.05) is 31.2 Å². The third kappa shape index (κ3) is 4.62. The molecule has 0 spiro atoms. The number of hydrogen-bond acceptors (Lipinski definition) is 6. The van der Waals surface area contributed by atoms with Crippen LogP contribution in [0, 0.1) is 6.92 Å². The van der Waals surface area contributed by atoms with Gasteiger partial charge < -0.3 is 21.3 Å². The zero-order chi connectivity index (χ0) is 22.1. The number of nitrogens with one attached hydrogen (secondary N) is 2. The molecule has 4 N–H and O–H groups in total. The van der Waals surface area contributed by atoms with Crippen LogP contribution in [-0.4, -0.2) is 36.6 Å². The zero-order valence-electron chi connectivity index (χ0n) is 17.7. The van der Waals surface area contributed by atoms with E-state index >= 15 is 0 Å². The van der Waals surface area contributed by atoms with Crippen molar-refractivity contribution in [2.45, 2.75) is 26.3 Å². The van der Waals surface area contributed by atoms with Crippen molar-refractivity contribution in [2.75, 3.05) is 30.3 Å². The molecule has 0 saturated carbocycles. The first-order valence-corrected chi connectivity index (χ1v) is 11.4. The Morgan fingerprint density at radius 2 is 2.23 bits per heavy atom. The number of benzene rings is 1. The van der Waals surface area contributed by atoms with Gasteiger partial charge in [-0.3, -0.25) is 4.79 Å². The van der Waals surface area contributed by atoms with Crippen LogP contribution < -0.4 is 21.3 Å². The van der Waals surface area contributed by atoms with E-state index < -0.39 is 0 Å². The Morgan fingerprint density at radius 1 is 1.42 bits per heavy atom. The molecule has 1 atom stereocenters. The largest absolute Gasteiger partial charge is 0.397 e. The minimum absolute atomic E-state index is 0.181. The van der Waals surface area contributed by atoms with E-state index in [9.17, 15) is 4.79 Å². The number of fused-ring (bicyclic) bond motifs is 1. The summed E-state index contributed by atoms with van der Waals surface area (Å²) in [7, 11) is 0. The van der Waals surface area contributed by atoms with Gasteiger partial charge in [0, 0.05) is 46.6 Å². The fraction of sp³-hybridized carbons (Fsp3) is 0.304. The lowest BCUT2D eigenvalue weighted by Crippen LogP contribution is -2.47. The molecule has 3 aromatic rings. The second-order valence-corrected chi connectivity index (χ2v) is 9.37. The van der Waals surface area contributed by atoms with Gasteiger partial charge in [0.15, 0.2) is 0 Å². The van der Waals surface area contributed by atoms with Gasteiger partial charge in [-0.1, -0.05) is 24.2 Å². The number of piperazine rings is 1. The number of aryl methyl sites for hydroxylation is 1. The van der Waals surface area contributed by atoms with Gasteiger partial charge >= 0.3 is 0 Å². The Hall–Kier alpha value is -2.77. The van der Waals surface area contributed by atoms with Crippen LogP contribution in [0.1, 0.15) is 27.9 Å². The fourth-order valence-corrected chi connectivity index (χ4v) is 5.17. The number of halogens is 1. The van der Waals surface area contributed by atoms with Gasteiger partial charge in [0.1, 0.15) is 9.71 Å². The second-order valence-electron chi connectivity index (χ2n) is 7.96. The Labute approximate surface area is 191 Å². The van der Waals surface area contributed by atoms with Gasteiger partial charge in [0.25, 0.3) is 5.91 Å². The van der Waals surface area contributed by atoms with E-state index in [2.05, 4.69) is 40.1 Å². The number of anilines is 2. The highest BCUT2D eigenvalue weighted by Gasteiger charge is 2.20. The van der Waals surface area contributed by atoms with Crippen LogP contribution in [0.25, 0.3) is 10.2 Å². The van der Waals surface area contributed by atoms with E-state index in [-0.39, 0.29) is 5.91 Å². The molecule has 1 fully saturated rings. The molecule has 8 heteroatoms. The maximum absolute atomic E-state index is 12.7. The monoisotopic (exact) mass is 455 g/mol. The molecule has 1 saturated heterocycles. The number of aromatic nitrogens is 1. The molecule has 1 aliphatic rings. The minimum atomic E-state index is -0.181. The second kappa shape index (κ2) is 8.77. The molecule has 6 nitrogen and oxygen atoms in total. The van der Waals surface area contributed by atoms with Crippen LogP contribution in [0.3, 0.4) is 0 Å². The summed E-state index contributed by atoms with van der Waals surface area (Å²) in [6.07, 6.45) is 0.637. The zero-order valence-corrected chi connectivity index (χ0v) is 19.2. The lowest BCUT2D eigenvalue weighted by molar-refractivity contribution is 0.0959. The van der Waals surface area contributed by atoms with Crippen LogP contribution in [0.2, 0.25) is 5.02 Å². The minimum Gasteiger partial charge on any atom is -0.397 e. The summed E-state index contributed by atoms with van der Waals surface area (Å²) in [5, 5.41) is 7.83. The lowest BCUT2D eigenvalue weighted by atomic mass is 10.1. The molecular formula is C23H26ClN5OS. The van der Waals surface area contributed by atoms with Crippen LogP contribution in [0.15, 0.2) is 42.6 Å². The molecule has 1 aromatic carbocycles. The number of rotatable bonds is 5. The number of carbonyl (C=O) groups is 1. The molecule has 0 bridgehead atoms.